The summed E-state index contributed by atoms with van der Waals surface area (Å²) in [5, 5.41) is 3.04. The molecule has 2 rings (SSSR count). The van der Waals surface area contributed by atoms with Crippen LogP contribution in [0.2, 0.25) is 0 Å². The Bertz CT molecular complexity index is 753. The van der Waals surface area contributed by atoms with Crippen molar-refractivity contribution in [3.8, 4) is 0 Å². The van der Waals surface area contributed by atoms with Gasteiger partial charge < -0.3 is 16.0 Å². The molecular weight excluding hydrogens is 380 g/mol. The van der Waals surface area contributed by atoms with Gasteiger partial charge in [-0.15, -0.1) is 0 Å². The molecule has 24 heavy (non-hydrogen) atoms. The lowest BCUT2D eigenvalue weighted by molar-refractivity contribution is 0.0997. The number of hydrogen-bond donors (Lipinski definition) is 2. The zero-order valence-corrected chi connectivity index (χ0v) is 14.9. The van der Waals surface area contributed by atoms with E-state index in [1.807, 2.05) is 25.1 Å². The summed E-state index contributed by atoms with van der Waals surface area (Å²) in [5.41, 5.74) is 6.13. The Hall–Kier alpha value is -1.99. The topological polar surface area (TPSA) is 58.4 Å². The summed E-state index contributed by atoms with van der Waals surface area (Å²) >= 11 is 3.19. The van der Waals surface area contributed by atoms with E-state index in [2.05, 4.69) is 21.2 Å². The van der Waals surface area contributed by atoms with Crippen molar-refractivity contribution in [1.82, 2.24) is 4.90 Å². The van der Waals surface area contributed by atoms with Gasteiger partial charge in [0.2, 0.25) is 0 Å². The molecule has 1 unspecified atom stereocenters. The molecule has 4 nitrogen and oxygen atoms in total. The first-order valence-electron chi connectivity index (χ1n) is 7.24. The van der Waals surface area contributed by atoms with Crippen LogP contribution in [-0.4, -0.2) is 31.4 Å². The number of rotatable bonds is 6. The molecule has 0 spiro atoms. The maximum atomic E-state index is 14.0. The number of amides is 1. The van der Waals surface area contributed by atoms with Gasteiger partial charge in [0.15, 0.2) is 0 Å². The van der Waals surface area contributed by atoms with Crippen LogP contribution in [0.5, 0.6) is 0 Å². The molecule has 0 radical (unpaired) electrons. The Morgan fingerprint density at radius 2 is 2.00 bits per heavy atom. The fourth-order valence-electron chi connectivity index (χ4n) is 2.48. The van der Waals surface area contributed by atoms with Gasteiger partial charge in [0.05, 0.1) is 17.3 Å². The van der Waals surface area contributed by atoms with Gasteiger partial charge in [0.1, 0.15) is 11.6 Å². The minimum Gasteiger partial charge on any atom is -0.382 e. The second-order valence-electron chi connectivity index (χ2n) is 5.59. The molecule has 0 aromatic heterocycles. The molecule has 0 heterocycles. The third-order valence-electron chi connectivity index (χ3n) is 3.64. The molecule has 0 aliphatic carbocycles. The smallest absolute Gasteiger partial charge is 0.253 e. The van der Waals surface area contributed by atoms with Gasteiger partial charge in [-0.3, -0.25) is 4.79 Å². The number of likely N-dealkylation sites (N-methyl/N-ethyl adjacent to an activating group) is 1. The van der Waals surface area contributed by atoms with E-state index in [4.69, 9.17) is 5.73 Å². The molecule has 7 heteroatoms. The Morgan fingerprint density at radius 1 is 1.29 bits per heavy atom. The maximum Gasteiger partial charge on any atom is 0.253 e. The molecule has 0 fully saturated rings. The van der Waals surface area contributed by atoms with Gasteiger partial charge in [0, 0.05) is 11.0 Å². The van der Waals surface area contributed by atoms with Crippen LogP contribution in [0, 0.1) is 11.6 Å². The van der Waals surface area contributed by atoms with E-state index in [0.29, 0.717) is 11.0 Å². The number of nitrogens with two attached hydrogens (primary N) is 1. The summed E-state index contributed by atoms with van der Waals surface area (Å²) in [6.07, 6.45) is 0. The van der Waals surface area contributed by atoms with Gasteiger partial charge in [-0.05, 0) is 43.9 Å². The SMILES string of the molecule is CN(C)C(CNc1cc(Br)cc(F)c1C(N)=O)c1cccc(F)c1. The van der Waals surface area contributed by atoms with Gasteiger partial charge in [-0.25, -0.2) is 8.78 Å². The molecule has 2 aromatic carbocycles. The number of nitrogens with zero attached hydrogens (tertiary/aromatic N) is 1. The average Bonchev–Trinajstić information content (AvgIpc) is 2.45. The largest absolute Gasteiger partial charge is 0.382 e. The molecular formula is C17H18BrF2N3O. The fourth-order valence-corrected chi connectivity index (χ4v) is 2.91. The summed E-state index contributed by atoms with van der Waals surface area (Å²) in [4.78, 5) is 13.4. The van der Waals surface area contributed by atoms with Crippen LogP contribution in [0.1, 0.15) is 22.0 Å². The molecule has 0 aliphatic rings. The van der Waals surface area contributed by atoms with Crippen LogP contribution in [0.3, 0.4) is 0 Å². The minimum atomic E-state index is -0.852. The first-order chi connectivity index (χ1) is 11.3. The lowest BCUT2D eigenvalue weighted by atomic mass is 10.1. The molecule has 0 bridgehead atoms. The van der Waals surface area contributed by atoms with Crippen LogP contribution in [0.25, 0.3) is 0 Å². The Balaban J connectivity index is 2.29. The molecule has 1 amide bonds. The standard InChI is InChI=1S/C17H18BrF2N3O/c1-23(2)15(10-4-3-5-12(19)6-10)9-22-14-8-11(18)7-13(20)16(14)17(21)24/h3-8,15,22H,9H2,1-2H3,(H2,21,24). The minimum absolute atomic E-state index is 0.177. The monoisotopic (exact) mass is 397 g/mol. The first kappa shape index (κ1) is 18.4. The lowest BCUT2D eigenvalue weighted by Crippen LogP contribution is -2.28. The number of nitrogens with one attached hydrogen (secondary N) is 1. The number of benzene rings is 2. The quantitative estimate of drug-likeness (QED) is 0.783. The lowest BCUT2D eigenvalue weighted by Gasteiger charge is -2.26. The van der Waals surface area contributed by atoms with Gasteiger partial charge >= 0.3 is 0 Å². The van der Waals surface area contributed by atoms with E-state index in [-0.39, 0.29) is 23.1 Å². The van der Waals surface area contributed by atoms with Crippen LogP contribution in [0.15, 0.2) is 40.9 Å². The van der Waals surface area contributed by atoms with E-state index >= 15 is 0 Å². The third-order valence-corrected chi connectivity index (χ3v) is 4.10. The van der Waals surface area contributed by atoms with Crippen molar-refractivity contribution in [2.45, 2.75) is 6.04 Å². The molecule has 3 N–H and O–H groups in total. The highest BCUT2D eigenvalue weighted by atomic mass is 79.9. The molecule has 0 aliphatic heterocycles. The molecule has 128 valence electrons. The van der Waals surface area contributed by atoms with E-state index < -0.39 is 11.7 Å². The van der Waals surface area contributed by atoms with Crippen LogP contribution in [-0.2, 0) is 0 Å². The summed E-state index contributed by atoms with van der Waals surface area (Å²) in [5.74, 6) is -1.88. The normalized spacial score (nSPS) is 12.2. The predicted molar refractivity (Wildman–Crippen MR) is 93.9 cm³/mol. The summed E-state index contributed by atoms with van der Waals surface area (Å²) in [6.45, 7) is 0.340. The number of halogens is 3. The van der Waals surface area contributed by atoms with E-state index in [1.54, 1.807) is 12.1 Å². The van der Waals surface area contributed by atoms with Crippen molar-refractivity contribution in [2.75, 3.05) is 26.0 Å². The van der Waals surface area contributed by atoms with Crippen molar-refractivity contribution < 1.29 is 13.6 Å². The van der Waals surface area contributed by atoms with E-state index in [0.717, 1.165) is 5.56 Å². The van der Waals surface area contributed by atoms with E-state index in [9.17, 15) is 13.6 Å². The number of carbonyl (C=O) groups excluding carboxylic acids is 1. The third kappa shape index (κ3) is 4.30. The summed E-state index contributed by atoms with van der Waals surface area (Å²) < 4.78 is 27.9. The number of hydrogen-bond acceptors (Lipinski definition) is 3. The number of carbonyl (C=O) groups is 1. The number of anilines is 1. The Kier molecular flexibility index (Phi) is 5.90. The average molecular weight is 398 g/mol. The van der Waals surface area contributed by atoms with Gasteiger partial charge in [-0.2, -0.15) is 0 Å². The second-order valence-corrected chi connectivity index (χ2v) is 6.51. The van der Waals surface area contributed by atoms with Crippen LogP contribution < -0.4 is 11.1 Å². The molecule has 0 saturated carbocycles. The Morgan fingerprint density at radius 3 is 2.58 bits per heavy atom. The highest BCUT2D eigenvalue weighted by Gasteiger charge is 2.19. The second kappa shape index (κ2) is 7.72. The first-order valence-corrected chi connectivity index (χ1v) is 8.03. The van der Waals surface area contributed by atoms with Gasteiger partial charge in [-0.1, -0.05) is 28.1 Å². The van der Waals surface area contributed by atoms with Crippen molar-refractivity contribution in [1.29, 1.82) is 0 Å². The predicted octanol–water partition coefficient (Wildman–Crippen LogP) is 3.54. The van der Waals surface area contributed by atoms with Crippen LogP contribution in [0.4, 0.5) is 14.5 Å². The summed E-state index contributed by atoms with van der Waals surface area (Å²) in [7, 11) is 3.71. The Labute approximate surface area is 147 Å². The van der Waals surface area contributed by atoms with Crippen molar-refractivity contribution in [2.24, 2.45) is 5.73 Å². The van der Waals surface area contributed by atoms with E-state index in [1.165, 1.54) is 18.2 Å². The van der Waals surface area contributed by atoms with Crippen molar-refractivity contribution in [3.05, 3.63) is 63.6 Å². The van der Waals surface area contributed by atoms with Crippen molar-refractivity contribution >= 4 is 27.5 Å². The van der Waals surface area contributed by atoms with Crippen LogP contribution >= 0.6 is 15.9 Å². The molecule has 0 saturated heterocycles. The van der Waals surface area contributed by atoms with Gasteiger partial charge in [0.25, 0.3) is 5.91 Å². The number of primary amides is 1. The summed E-state index contributed by atoms with van der Waals surface area (Å²) in [6, 6.07) is 8.86. The molecule has 1 atom stereocenters. The molecule has 2 aromatic rings. The maximum absolute atomic E-state index is 14.0. The highest BCUT2D eigenvalue weighted by molar-refractivity contribution is 9.10. The zero-order chi connectivity index (χ0) is 17.9. The fraction of sp³-hybridized carbons (Fsp3) is 0.235. The highest BCUT2D eigenvalue weighted by Crippen LogP contribution is 2.26. The zero-order valence-electron chi connectivity index (χ0n) is 13.3. The van der Waals surface area contributed by atoms with Crippen molar-refractivity contribution in [3.63, 3.8) is 0 Å².